The fourth-order valence-corrected chi connectivity index (χ4v) is 5.61. The van der Waals surface area contributed by atoms with E-state index in [0.29, 0.717) is 42.7 Å². The van der Waals surface area contributed by atoms with Crippen LogP contribution in [0.15, 0.2) is 60.7 Å². The number of nitrogens with zero attached hydrogens (tertiary/aromatic N) is 3. The molecule has 38 heavy (non-hydrogen) atoms. The smallest absolute Gasteiger partial charge is 0.234 e. The third kappa shape index (κ3) is 6.54. The van der Waals surface area contributed by atoms with E-state index in [1.165, 1.54) is 12.0 Å². The summed E-state index contributed by atoms with van der Waals surface area (Å²) in [6.45, 7) is 5.25. The highest BCUT2D eigenvalue weighted by atomic mass is 35.5. The third-order valence-corrected chi connectivity index (χ3v) is 7.93. The Morgan fingerprint density at radius 2 is 1.92 bits per heavy atom. The lowest BCUT2D eigenvalue weighted by Gasteiger charge is -2.38. The zero-order chi connectivity index (χ0) is 26.4. The van der Waals surface area contributed by atoms with E-state index < -0.39 is 0 Å². The van der Waals surface area contributed by atoms with Crippen molar-refractivity contribution < 1.29 is 9.47 Å². The molecule has 1 atom stereocenters. The molecule has 2 N–H and O–H groups in total. The zero-order valence-corrected chi connectivity index (χ0v) is 23.2. The van der Waals surface area contributed by atoms with Gasteiger partial charge in [-0.3, -0.25) is 0 Å². The Hall–Kier alpha value is -2.94. The van der Waals surface area contributed by atoms with E-state index in [2.05, 4.69) is 33.5 Å². The molecule has 0 bridgehead atoms. The lowest BCUT2D eigenvalue weighted by atomic mass is 9.74. The second kappa shape index (κ2) is 12.3. The number of aromatic nitrogens is 2. The van der Waals surface area contributed by atoms with Crippen molar-refractivity contribution in [3.63, 3.8) is 0 Å². The van der Waals surface area contributed by atoms with Gasteiger partial charge in [0.1, 0.15) is 11.6 Å². The van der Waals surface area contributed by atoms with Crippen molar-refractivity contribution in [2.45, 2.75) is 50.5 Å². The highest BCUT2D eigenvalue weighted by Gasteiger charge is 2.35. The fourth-order valence-electron chi connectivity index (χ4n) is 5.26. The first-order valence-electron chi connectivity index (χ1n) is 13.3. The van der Waals surface area contributed by atoms with Crippen LogP contribution in [0, 0.1) is 0 Å². The molecule has 1 aromatic heterocycles. The van der Waals surface area contributed by atoms with Gasteiger partial charge in [-0.15, -0.1) is 0 Å². The minimum absolute atomic E-state index is 0.123. The molecule has 2 aromatic carbocycles. The maximum absolute atomic E-state index is 6.34. The van der Waals surface area contributed by atoms with Crippen molar-refractivity contribution in [1.82, 2.24) is 15.3 Å². The largest absolute Gasteiger partial charge is 0.439 e. The van der Waals surface area contributed by atoms with Crippen LogP contribution in [-0.2, 0) is 10.2 Å². The molecule has 7 nitrogen and oxygen atoms in total. The van der Waals surface area contributed by atoms with Gasteiger partial charge in [0.25, 0.3) is 0 Å². The van der Waals surface area contributed by atoms with Crippen LogP contribution in [0.5, 0.6) is 11.6 Å². The minimum Gasteiger partial charge on any atom is -0.439 e. The SMILES string of the molecule is CC1CCCCN1c1cc(Oc2ccccc2)nc(NC(=S)NCC2(c3cccc(Cl)c3)CCOCC2)n1. The molecular formula is C29H34ClN5O2S. The summed E-state index contributed by atoms with van der Waals surface area (Å²) < 4.78 is 11.8. The molecule has 3 heterocycles. The Kier molecular flexibility index (Phi) is 8.61. The Morgan fingerprint density at radius 1 is 1.11 bits per heavy atom. The lowest BCUT2D eigenvalue weighted by Crippen LogP contribution is -2.45. The van der Waals surface area contributed by atoms with Crippen LogP contribution in [0.1, 0.15) is 44.6 Å². The Morgan fingerprint density at radius 3 is 2.68 bits per heavy atom. The number of benzene rings is 2. The fraction of sp³-hybridized carbons (Fsp3) is 0.414. The average Bonchev–Trinajstić information content (AvgIpc) is 2.93. The summed E-state index contributed by atoms with van der Waals surface area (Å²) in [5, 5.41) is 7.84. The van der Waals surface area contributed by atoms with Crippen LogP contribution < -0.4 is 20.3 Å². The van der Waals surface area contributed by atoms with Gasteiger partial charge in [0.05, 0.1) is 0 Å². The van der Waals surface area contributed by atoms with Crippen molar-refractivity contribution in [3.05, 3.63) is 71.2 Å². The number of halogens is 1. The molecular weight excluding hydrogens is 518 g/mol. The third-order valence-electron chi connectivity index (χ3n) is 7.45. The number of para-hydroxylation sites is 1. The van der Waals surface area contributed by atoms with Crippen molar-refractivity contribution in [3.8, 4) is 11.6 Å². The van der Waals surface area contributed by atoms with E-state index >= 15 is 0 Å². The van der Waals surface area contributed by atoms with Crippen LogP contribution in [0.25, 0.3) is 0 Å². The monoisotopic (exact) mass is 551 g/mol. The summed E-state index contributed by atoms with van der Waals surface area (Å²) in [7, 11) is 0. The highest BCUT2D eigenvalue weighted by Crippen LogP contribution is 2.35. The van der Waals surface area contributed by atoms with Crippen molar-refractivity contribution in [2.75, 3.05) is 36.5 Å². The van der Waals surface area contributed by atoms with Crippen molar-refractivity contribution in [2.24, 2.45) is 0 Å². The van der Waals surface area contributed by atoms with Gasteiger partial charge in [-0.05, 0) is 81.1 Å². The van der Waals surface area contributed by atoms with E-state index in [1.54, 1.807) is 0 Å². The molecule has 0 radical (unpaired) electrons. The zero-order valence-electron chi connectivity index (χ0n) is 21.7. The molecule has 0 aliphatic carbocycles. The molecule has 0 amide bonds. The second-order valence-corrected chi connectivity index (χ2v) is 10.9. The molecule has 3 aromatic rings. The Bertz CT molecular complexity index is 1240. The van der Waals surface area contributed by atoms with E-state index in [4.69, 9.17) is 38.3 Å². The Labute approximate surface area is 234 Å². The van der Waals surface area contributed by atoms with Gasteiger partial charge >= 0.3 is 0 Å². The van der Waals surface area contributed by atoms with E-state index in [-0.39, 0.29) is 5.41 Å². The minimum atomic E-state index is -0.123. The molecule has 9 heteroatoms. The predicted molar refractivity (Wildman–Crippen MR) is 157 cm³/mol. The van der Waals surface area contributed by atoms with Crippen molar-refractivity contribution in [1.29, 1.82) is 0 Å². The summed E-state index contributed by atoms with van der Waals surface area (Å²) in [5.74, 6) is 2.44. The van der Waals surface area contributed by atoms with Crippen LogP contribution in [-0.4, -0.2) is 47.4 Å². The summed E-state index contributed by atoms with van der Waals surface area (Å²) in [4.78, 5) is 11.8. The average molecular weight is 552 g/mol. The van der Waals surface area contributed by atoms with Gasteiger partial charge in [-0.1, -0.05) is 41.9 Å². The second-order valence-electron chi connectivity index (χ2n) is 10.1. The molecule has 2 aliphatic rings. The Balaban J connectivity index is 1.34. The van der Waals surface area contributed by atoms with Gasteiger partial charge in [0.2, 0.25) is 11.8 Å². The number of rotatable bonds is 7. The number of hydrogen-bond donors (Lipinski definition) is 2. The van der Waals surface area contributed by atoms with Gasteiger partial charge in [0, 0.05) is 48.8 Å². The maximum Gasteiger partial charge on any atom is 0.234 e. The van der Waals surface area contributed by atoms with E-state index in [1.807, 2.05) is 54.6 Å². The molecule has 5 rings (SSSR count). The van der Waals surface area contributed by atoms with E-state index in [0.717, 1.165) is 48.8 Å². The first kappa shape index (κ1) is 26.7. The molecule has 0 spiro atoms. The molecule has 2 fully saturated rings. The van der Waals surface area contributed by atoms with E-state index in [9.17, 15) is 0 Å². The van der Waals surface area contributed by atoms with Crippen LogP contribution in [0.3, 0.4) is 0 Å². The summed E-state index contributed by atoms with van der Waals surface area (Å²) in [6.07, 6.45) is 5.28. The highest BCUT2D eigenvalue weighted by molar-refractivity contribution is 7.80. The standard InChI is InChI=1S/C29H34ClN5O2S/c1-21-8-5-6-15-35(21)25-19-26(37-24-11-3-2-4-12-24)33-27(32-25)34-28(38)31-20-29(13-16-36-17-14-29)22-9-7-10-23(30)18-22/h2-4,7,9-12,18-19,21H,5-6,8,13-17,20H2,1H3,(H2,31,32,33,34,38). The molecule has 2 saturated heterocycles. The number of anilines is 2. The van der Waals surface area contributed by atoms with Gasteiger partial charge in [0.15, 0.2) is 5.11 Å². The first-order chi connectivity index (χ1) is 18.5. The predicted octanol–water partition coefficient (Wildman–Crippen LogP) is 6.34. The van der Waals surface area contributed by atoms with Gasteiger partial charge < -0.3 is 25.0 Å². The number of nitrogens with one attached hydrogen (secondary N) is 2. The molecule has 2 aliphatic heterocycles. The quantitative estimate of drug-likeness (QED) is 0.330. The van der Waals surface area contributed by atoms with Crippen molar-refractivity contribution >= 4 is 40.7 Å². The molecule has 200 valence electrons. The maximum atomic E-state index is 6.34. The normalized spacial score (nSPS) is 19.0. The molecule has 0 saturated carbocycles. The molecule has 1 unspecified atom stereocenters. The van der Waals surface area contributed by atoms with Gasteiger partial charge in [-0.25, -0.2) is 0 Å². The summed E-state index contributed by atoms with van der Waals surface area (Å²) in [5.41, 5.74) is 1.07. The van der Waals surface area contributed by atoms with Crippen LogP contribution in [0.2, 0.25) is 5.02 Å². The lowest BCUT2D eigenvalue weighted by molar-refractivity contribution is 0.0515. The summed E-state index contributed by atoms with van der Waals surface area (Å²) in [6, 6.07) is 20.0. The summed E-state index contributed by atoms with van der Waals surface area (Å²) >= 11 is 12.0. The number of thiocarbonyl (C=S) groups is 1. The topological polar surface area (TPSA) is 71.5 Å². The van der Waals surface area contributed by atoms with Crippen LogP contribution >= 0.6 is 23.8 Å². The first-order valence-corrected chi connectivity index (χ1v) is 14.1. The van der Waals surface area contributed by atoms with Crippen LogP contribution in [0.4, 0.5) is 11.8 Å². The number of hydrogen-bond acceptors (Lipinski definition) is 6. The van der Waals surface area contributed by atoms with Gasteiger partial charge in [-0.2, -0.15) is 9.97 Å². The number of ether oxygens (including phenoxy) is 2. The number of piperidine rings is 1.